The highest BCUT2D eigenvalue weighted by Crippen LogP contribution is 2.24. The normalized spacial score (nSPS) is 20.3. The fraction of sp³-hybridized carbons (Fsp3) is 0.600. The summed E-state index contributed by atoms with van der Waals surface area (Å²) < 4.78 is 0. The Morgan fingerprint density at radius 2 is 2.04 bits per heavy atom. The molecular formula is C20H30O4. The first-order valence-electron chi connectivity index (χ1n) is 9.05. The summed E-state index contributed by atoms with van der Waals surface area (Å²) in [4.78, 5) is 22.4. The molecule has 0 saturated carbocycles. The van der Waals surface area contributed by atoms with Crippen molar-refractivity contribution in [3.8, 4) is 0 Å². The number of hydrogen-bond acceptors (Lipinski definition) is 3. The summed E-state index contributed by atoms with van der Waals surface area (Å²) >= 11 is 0. The van der Waals surface area contributed by atoms with E-state index < -0.39 is 12.1 Å². The third-order valence-corrected chi connectivity index (χ3v) is 4.20. The van der Waals surface area contributed by atoms with Crippen molar-refractivity contribution < 1.29 is 19.8 Å². The highest BCUT2D eigenvalue weighted by Gasteiger charge is 2.20. The summed E-state index contributed by atoms with van der Waals surface area (Å²) in [6.07, 6.45) is 16.1. The Morgan fingerprint density at radius 3 is 2.75 bits per heavy atom. The first-order valence-corrected chi connectivity index (χ1v) is 9.05. The lowest BCUT2D eigenvalue weighted by Crippen LogP contribution is -2.05. The van der Waals surface area contributed by atoms with Crippen molar-refractivity contribution in [3.63, 3.8) is 0 Å². The molecule has 2 N–H and O–H groups in total. The fourth-order valence-corrected chi connectivity index (χ4v) is 2.76. The van der Waals surface area contributed by atoms with Crippen LogP contribution >= 0.6 is 0 Å². The van der Waals surface area contributed by atoms with Crippen LogP contribution in [0.5, 0.6) is 0 Å². The molecule has 1 aliphatic rings. The Morgan fingerprint density at radius 1 is 1.25 bits per heavy atom. The zero-order valence-electron chi connectivity index (χ0n) is 14.6. The molecule has 0 heterocycles. The van der Waals surface area contributed by atoms with Gasteiger partial charge in [0.2, 0.25) is 0 Å². The quantitative estimate of drug-likeness (QED) is 0.319. The van der Waals surface area contributed by atoms with Crippen molar-refractivity contribution in [2.45, 2.75) is 70.8 Å². The van der Waals surface area contributed by atoms with Gasteiger partial charge in [0.1, 0.15) is 0 Å². The summed E-state index contributed by atoms with van der Waals surface area (Å²) in [6, 6.07) is 0. The number of hydrogen-bond donors (Lipinski definition) is 2. The molecule has 0 fully saturated rings. The van der Waals surface area contributed by atoms with Gasteiger partial charge in [0.25, 0.3) is 0 Å². The number of carboxylic acids is 1. The van der Waals surface area contributed by atoms with E-state index in [-0.39, 0.29) is 18.1 Å². The molecule has 2 atom stereocenters. The maximum atomic E-state index is 11.9. The minimum atomic E-state index is -0.758. The number of allylic oxidation sites excluding steroid dienone is 5. The molecule has 0 bridgehead atoms. The molecule has 1 aliphatic carbocycles. The average Bonchev–Trinajstić information content (AvgIpc) is 2.89. The van der Waals surface area contributed by atoms with E-state index in [2.05, 4.69) is 6.92 Å². The standard InChI is InChI=1S/C20H30O4/c1-2-3-6-9-17(21)14-12-16-13-15-19(22)18(16)10-7-4-5-8-11-20(23)24/h10,12-17,21H,2-9,11H2,1H3,(H,23,24)/b14-12+,18-10-. The first kappa shape index (κ1) is 20.4. The summed E-state index contributed by atoms with van der Waals surface area (Å²) in [6.45, 7) is 2.13. The van der Waals surface area contributed by atoms with E-state index in [0.717, 1.165) is 50.5 Å². The second-order valence-corrected chi connectivity index (χ2v) is 6.35. The van der Waals surface area contributed by atoms with Crippen molar-refractivity contribution in [1.82, 2.24) is 0 Å². The molecule has 0 radical (unpaired) electrons. The summed E-state index contributed by atoms with van der Waals surface area (Å²) in [7, 11) is 0. The number of aliphatic carboxylic acids is 1. The van der Waals surface area contributed by atoms with Gasteiger partial charge < -0.3 is 10.2 Å². The van der Waals surface area contributed by atoms with Gasteiger partial charge in [-0.3, -0.25) is 9.59 Å². The van der Waals surface area contributed by atoms with Gasteiger partial charge in [0.15, 0.2) is 5.78 Å². The van der Waals surface area contributed by atoms with Crippen LogP contribution in [0.25, 0.3) is 0 Å². The topological polar surface area (TPSA) is 74.6 Å². The molecule has 0 spiro atoms. The molecule has 1 rings (SSSR count). The van der Waals surface area contributed by atoms with Crippen molar-refractivity contribution >= 4 is 11.8 Å². The number of carboxylic acid groups (broad SMARTS) is 1. The molecule has 24 heavy (non-hydrogen) atoms. The van der Waals surface area contributed by atoms with Gasteiger partial charge in [-0.15, -0.1) is 0 Å². The van der Waals surface area contributed by atoms with Gasteiger partial charge in [-0.1, -0.05) is 56.9 Å². The molecule has 4 heteroatoms. The van der Waals surface area contributed by atoms with Crippen molar-refractivity contribution in [2.24, 2.45) is 5.92 Å². The lowest BCUT2D eigenvalue weighted by Gasteiger charge is -2.08. The molecule has 0 saturated heterocycles. The minimum absolute atomic E-state index is 0.0376. The van der Waals surface area contributed by atoms with Crippen molar-refractivity contribution in [1.29, 1.82) is 0 Å². The second kappa shape index (κ2) is 11.8. The number of ketones is 1. The number of carbonyl (C=O) groups is 2. The minimum Gasteiger partial charge on any atom is -0.481 e. The molecule has 0 aromatic heterocycles. The number of rotatable bonds is 12. The van der Waals surface area contributed by atoms with Crippen LogP contribution < -0.4 is 0 Å². The van der Waals surface area contributed by atoms with Gasteiger partial charge in [0, 0.05) is 17.9 Å². The molecular weight excluding hydrogens is 304 g/mol. The molecule has 0 aliphatic heterocycles. The van der Waals surface area contributed by atoms with Crippen molar-refractivity contribution in [2.75, 3.05) is 0 Å². The maximum Gasteiger partial charge on any atom is 0.303 e. The van der Waals surface area contributed by atoms with Crippen LogP contribution in [0.3, 0.4) is 0 Å². The van der Waals surface area contributed by atoms with Crippen LogP contribution in [0, 0.1) is 5.92 Å². The first-order chi connectivity index (χ1) is 11.5. The van der Waals surface area contributed by atoms with Gasteiger partial charge >= 0.3 is 5.97 Å². The number of aliphatic hydroxyl groups is 1. The van der Waals surface area contributed by atoms with E-state index >= 15 is 0 Å². The van der Waals surface area contributed by atoms with Gasteiger partial charge in [0.05, 0.1) is 6.10 Å². The van der Waals surface area contributed by atoms with Crippen LogP contribution in [0.4, 0.5) is 0 Å². The van der Waals surface area contributed by atoms with Crippen LogP contribution in [-0.2, 0) is 9.59 Å². The molecule has 2 unspecified atom stereocenters. The average molecular weight is 334 g/mol. The summed E-state index contributed by atoms with van der Waals surface area (Å²) in [5.74, 6) is -0.765. The van der Waals surface area contributed by atoms with Crippen molar-refractivity contribution in [3.05, 3.63) is 36.0 Å². The van der Waals surface area contributed by atoms with E-state index in [1.165, 1.54) is 0 Å². The monoisotopic (exact) mass is 334 g/mol. The SMILES string of the molecule is CCCCCC(O)/C=C/C1C=CC(=O)/C1=C\CCCCCC(=O)O. The maximum absolute atomic E-state index is 11.9. The highest BCUT2D eigenvalue weighted by molar-refractivity contribution is 6.07. The van der Waals surface area contributed by atoms with E-state index in [9.17, 15) is 14.7 Å². The Kier molecular flexibility index (Phi) is 10.0. The molecule has 0 amide bonds. The van der Waals surface area contributed by atoms with Gasteiger partial charge in [-0.2, -0.15) is 0 Å². The lowest BCUT2D eigenvalue weighted by molar-refractivity contribution is -0.137. The van der Waals surface area contributed by atoms with E-state index in [0.29, 0.717) is 6.42 Å². The van der Waals surface area contributed by atoms with Crippen LogP contribution in [0.15, 0.2) is 36.0 Å². The molecule has 0 aromatic rings. The Labute approximate surface area is 145 Å². The summed E-state index contributed by atoms with van der Waals surface area (Å²) in [5.41, 5.74) is 0.769. The third kappa shape index (κ3) is 8.25. The number of aliphatic hydroxyl groups excluding tert-OH is 1. The molecule has 0 aromatic carbocycles. The smallest absolute Gasteiger partial charge is 0.303 e. The highest BCUT2D eigenvalue weighted by atomic mass is 16.4. The fourth-order valence-electron chi connectivity index (χ4n) is 2.76. The third-order valence-electron chi connectivity index (χ3n) is 4.20. The Bertz CT molecular complexity index is 488. The summed E-state index contributed by atoms with van der Waals surface area (Å²) in [5, 5.41) is 18.5. The zero-order valence-corrected chi connectivity index (χ0v) is 14.6. The van der Waals surface area contributed by atoms with Crippen LogP contribution in [-0.4, -0.2) is 28.1 Å². The van der Waals surface area contributed by atoms with E-state index in [1.807, 2.05) is 18.2 Å². The number of carbonyl (C=O) groups excluding carboxylic acids is 1. The predicted octanol–water partition coefficient (Wildman–Crippen LogP) is 4.20. The van der Waals surface area contributed by atoms with Gasteiger partial charge in [-0.05, 0) is 31.8 Å². The zero-order chi connectivity index (χ0) is 17.8. The number of unbranched alkanes of at least 4 members (excludes halogenated alkanes) is 5. The molecule has 4 nitrogen and oxygen atoms in total. The Hall–Kier alpha value is -1.68. The van der Waals surface area contributed by atoms with Crippen LogP contribution in [0.2, 0.25) is 0 Å². The Balaban J connectivity index is 2.40. The predicted molar refractivity (Wildman–Crippen MR) is 95.7 cm³/mol. The largest absolute Gasteiger partial charge is 0.481 e. The van der Waals surface area contributed by atoms with E-state index in [1.54, 1.807) is 12.2 Å². The lowest BCUT2D eigenvalue weighted by atomic mass is 9.98. The molecule has 134 valence electrons. The van der Waals surface area contributed by atoms with Crippen LogP contribution in [0.1, 0.15) is 64.7 Å². The van der Waals surface area contributed by atoms with Gasteiger partial charge in [-0.25, -0.2) is 0 Å². The van der Waals surface area contributed by atoms with E-state index in [4.69, 9.17) is 5.11 Å². The second-order valence-electron chi connectivity index (χ2n) is 6.35.